The zero-order valence-electron chi connectivity index (χ0n) is 11.5. The molecule has 1 aliphatic heterocycles. The minimum atomic E-state index is -0.107. The van der Waals surface area contributed by atoms with E-state index in [1.165, 1.54) is 0 Å². The Morgan fingerprint density at radius 3 is 2.55 bits per heavy atom. The summed E-state index contributed by atoms with van der Waals surface area (Å²) in [6.07, 6.45) is 0. The number of nitrogens with zero attached hydrogens (tertiary/aromatic N) is 2. The highest BCUT2D eigenvalue weighted by Crippen LogP contribution is 2.07. The van der Waals surface area contributed by atoms with Crippen LogP contribution in [0.5, 0.6) is 5.75 Å². The summed E-state index contributed by atoms with van der Waals surface area (Å²) in [6.45, 7) is 3.96. The van der Waals surface area contributed by atoms with Crippen molar-refractivity contribution in [3.63, 3.8) is 0 Å². The molecule has 2 N–H and O–H groups in total. The number of hydrogen-bond donors (Lipinski definition) is 2. The molecule has 6 nitrogen and oxygen atoms in total. The van der Waals surface area contributed by atoms with Crippen LogP contribution in [0.1, 0.15) is 0 Å². The van der Waals surface area contributed by atoms with E-state index in [2.05, 4.69) is 10.2 Å². The van der Waals surface area contributed by atoms with Crippen LogP contribution in [0.2, 0.25) is 0 Å². The molecule has 0 saturated carbocycles. The smallest absolute Gasteiger partial charge is 0.320 e. The first-order valence-electron chi connectivity index (χ1n) is 6.83. The number of benzene rings is 1. The van der Waals surface area contributed by atoms with Gasteiger partial charge < -0.3 is 20.1 Å². The summed E-state index contributed by atoms with van der Waals surface area (Å²) in [6, 6.07) is 9.27. The summed E-state index contributed by atoms with van der Waals surface area (Å²) in [7, 11) is 0. The van der Waals surface area contributed by atoms with Gasteiger partial charge in [0.05, 0.1) is 6.61 Å². The Kier molecular flexibility index (Phi) is 5.64. The number of β-amino-alcohol motifs (C(OH)–C–C–N with tert-alkyl or cyclic N) is 1. The Balaban J connectivity index is 1.66. The van der Waals surface area contributed by atoms with Crippen molar-refractivity contribution < 1.29 is 14.6 Å². The largest absolute Gasteiger partial charge is 0.473 e. The molecular weight excluding hydrogens is 258 g/mol. The van der Waals surface area contributed by atoms with E-state index in [0.29, 0.717) is 19.6 Å². The first-order chi connectivity index (χ1) is 9.79. The van der Waals surface area contributed by atoms with Gasteiger partial charge in [0.2, 0.25) is 0 Å². The van der Waals surface area contributed by atoms with E-state index in [0.717, 1.165) is 18.8 Å². The first kappa shape index (κ1) is 14.6. The maximum atomic E-state index is 11.9. The Morgan fingerprint density at radius 2 is 1.90 bits per heavy atom. The van der Waals surface area contributed by atoms with E-state index in [4.69, 9.17) is 9.84 Å². The molecule has 1 heterocycles. The first-order valence-corrected chi connectivity index (χ1v) is 6.83. The maximum absolute atomic E-state index is 11.9. The van der Waals surface area contributed by atoms with Gasteiger partial charge in [0, 0.05) is 32.7 Å². The third-order valence-electron chi connectivity index (χ3n) is 3.28. The number of urea groups is 1. The number of carbonyl (C=O) groups is 1. The summed E-state index contributed by atoms with van der Waals surface area (Å²) in [4.78, 5) is 15.8. The van der Waals surface area contributed by atoms with Gasteiger partial charge in [-0.25, -0.2) is 4.79 Å². The average Bonchev–Trinajstić information content (AvgIpc) is 2.49. The number of aliphatic hydroxyl groups is 1. The molecule has 2 amide bonds. The molecule has 6 heteroatoms. The van der Waals surface area contributed by atoms with Crippen LogP contribution in [0.15, 0.2) is 30.3 Å². The van der Waals surface area contributed by atoms with E-state index < -0.39 is 0 Å². The highest BCUT2D eigenvalue weighted by molar-refractivity contribution is 5.74. The van der Waals surface area contributed by atoms with Crippen molar-refractivity contribution in [2.75, 3.05) is 46.1 Å². The van der Waals surface area contributed by atoms with E-state index in [9.17, 15) is 4.79 Å². The number of carbonyl (C=O) groups excluding carboxylic acids is 1. The molecule has 1 aromatic rings. The quantitative estimate of drug-likeness (QED) is 0.763. The second kappa shape index (κ2) is 7.72. The maximum Gasteiger partial charge on any atom is 0.320 e. The average molecular weight is 279 g/mol. The van der Waals surface area contributed by atoms with Crippen molar-refractivity contribution >= 4 is 6.03 Å². The molecule has 0 atom stereocenters. The molecule has 20 heavy (non-hydrogen) atoms. The predicted molar refractivity (Wildman–Crippen MR) is 75.6 cm³/mol. The van der Waals surface area contributed by atoms with Crippen LogP contribution in [0.3, 0.4) is 0 Å². The van der Waals surface area contributed by atoms with Crippen molar-refractivity contribution in [3.05, 3.63) is 30.3 Å². The number of rotatable bonds is 5. The summed E-state index contributed by atoms with van der Waals surface area (Å²) in [5, 5.41) is 11.6. The number of amides is 2. The summed E-state index contributed by atoms with van der Waals surface area (Å²) in [5.74, 6) is 0.737. The van der Waals surface area contributed by atoms with Gasteiger partial charge in [-0.05, 0) is 12.1 Å². The van der Waals surface area contributed by atoms with E-state index in [-0.39, 0.29) is 19.4 Å². The third kappa shape index (κ3) is 4.40. The third-order valence-corrected chi connectivity index (χ3v) is 3.28. The van der Waals surface area contributed by atoms with Crippen molar-refractivity contribution in [2.24, 2.45) is 0 Å². The lowest BCUT2D eigenvalue weighted by Gasteiger charge is -2.34. The molecule has 1 aromatic carbocycles. The van der Waals surface area contributed by atoms with Crippen LogP contribution >= 0.6 is 0 Å². The second-order valence-corrected chi connectivity index (χ2v) is 4.64. The van der Waals surface area contributed by atoms with Crippen LogP contribution in [0, 0.1) is 0 Å². The molecule has 0 aliphatic carbocycles. The minimum Gasteiger partial charge on any atom is -0.473 e. The number of para-hydroxylation sites is 1. The summed E-state index contributed by atoms with van der Waals surface area (Å²) < 4.78 is 5.43. The van der Waals surface area contributed by atoms with Crippen molar-refractivity contribution in [1.82, 2.24) is 15.1 Å². The van der Waals surface area contributed by atoms with Gasteiger partial charge in [-0.3, -0.25) is 4.90 Å². The highest BCUT2D eigenvalue weighted by atomic mass is 16.5. The van der Waals surface area contributed by atoms with Crippen molar-refractivity contribution in [1.29, 1.82) is 0 Å². The lowest BCUT2D eigenvalue weighted by molar-refractivity contribution is 0.119. The van der Waals surface area contributed by atoms with Gasteiger partial charge in [0.15, 0.2) is 6.73 Å². The number of nitrogens with one attached hydrogen (secondary N) is 1. The van der Waals surface area contributed by atoms with Gasteiger partial charge in [0.25, 0.3) is 0 Å². The fourth-order valence-corrected chi connectivity index (χ4v) is 2.13. The molecule has 0 spiro atoms. The molecule has 0 aromatic heterocycles. The molecule has 0 bridgehead atoms. The lowest BCUT2D eigenvalue weighted by atomic mass is 10.3. The van der Waals surface area contributed by atoms with E-state index in [1.807, 2.05) is 30.3 Å². The monoisotopic (exact) mass is 279 g/mol. The van der Waals surface area contributed by atoms with Crippen molar-refractivity contribution in [3.8, 4) is 5.75 Å². The van der Waals surface area contributed by atoms with Gasteiger partial charge in [0.1, 0.15) is 5.75 Å². The fourth-order valence-electron chi connectivity index (χ4n) is 2.13. The zero-order chi connectivity index (χ0) is 14.2. The molecule has 0 unspecified atom stereocenters. The number of piperazine rings is 1. The molecular formula is C14H21N3O3. The number of hydrogen-bond acceptors (Lipinski definition) is 4. The Morgan fingerprint density at radius 1 is 1.20 bits per heavy atom. The van der Waals surface area contributed by atoms with E-state index in [1.54, 1.807) is 4.90 Å². The topological polar surface area (TPSA) is 65.0 Å². The normalized spacial score (nSPS) is 15.9. The highest BCUT2D eigenvalue weighted by Gasteiger charge is 2.20. The van der Waals surface area contributed by atoms with Gasteiger partial charge in [-0.2, -0.15) is 0 Å². The van der Waals surface area contributed by atoms with Gasteiger partial charge >= 0.3 is 6.03 Å². The molecule has 110 valence electrons. The van der Waals surface area contributed by atoms with Crippen LogP contribution in [-0.2, 0) is 0 Å². The molecule has 1 aliphatic rings. The Hall–Kier alpha value is -1.79. The molecule has 0 radical (unpaired) electrons. The SMILES string of the molecule is O=C(NCOc1ccccc1)N1CCN(CCO)CC1. The molecule has 1 saturated heterocycles. The Bertz CT molecular complexity index is 405. The minimum absolute atomic E-state index is 0.107. The van der Waals surface area contributed by atoms with Crippen LogP contribution in [0.25, 0.3) is 0 Å². The van der Waals surface area contributed by atoms with Crippen molar-refractivity contribution in [2.45, 2.75) is 0 Å². The second-order valence-electron chi connectivity index (χ2n) is 4.64. The Labute approximate surface area is 118 Å². The van der Waals surface area contributed by atoms with Crippen LogP contribution < -0.4 is 10.1 Å². The summed E-state index contributed by atoms with van der Waals surface area (Å²) in [5.41, 5.74) is 0. The molecule has 1 fully saturated rings. The number of ether oxygens (including phenoxy) is 1. The van der Waals surface area contributed by atoms with E-state index >= 15 is 0 Å². The predicted octanol–water partition coefficient (Wildman–Crippen LogP) is 0.342. The van der Waals surface area contributed by atoms with Crippen LogP contribution in [0.4, 0.5) is 4.79 Å². The van der Waals surface area contributed by atoms with Gasteiger partial charge in [-0.15, -0.1) is 0 Å². The summed E-state index contributed by atoms with van der Waals surface area (Å²) >= 11 is 0. The zero-order valence-corrected chi connectivity index (χ0v) is 11.5. The fraction of sp³-hybridized carbons (Fsp3) is 0.500. The standard InChI is InChI=1S/C14H21N3O3/c18-11-10-16-6-8-17(9-7-16)14(19)15-12-20-13-4-2-1-3-5-13/h1-5,18H,6-12H2,(H,15,19). The lowest BCUT2D eigenvalue weighted by Crippen LogP contribution is -2.52. The number of aliphatic hydroxyl groups excluding tert-OH is 1. The molecule has 2 rings (SSSR count). The van der Waals surface area contributed by atoms with Crippen LogP contribution in [-0.4, -0.2) is 67.0 Å². The van der Waals surface area contributed by atoms with Gasteiger partial charge in [-0.1, -0.05) is 18.2 Å².